The van der Waals surface area contributed by atoms with Gasteiger partial charge in [-0.2, -0.15) is 5.10 Å². The second-order valence-electron chi connectivity index (χ2n) is 3.69. The van der Waals surface area contributed by atoms with E-state index in [0.717, 1.165) is 12.1 Å². The van der Waals surface area contributed by atoms with Crippen molar-refractivity contribution in [1.82, 2.24) is 15.5 Å². The van der Waals surface area contributed by atoms with Crippen LogP contribution in [0.2, 0.25) is 0 Å². The molecule has 1 aromatic heterocycles. The summed E-state index contributed by atoms with van der Waals surface area (Å²) in [6.07, 6.45) is 1.52. The summed E-state index contributed by atoms with van der Waals surface area (Å²) < 4.78 is 13.5. The van der Waals surface area contributed by atoms with Gasteiger partial charge in [-0.15, -0.1) is 0 Å². The van der Waals surface area contributed by atoms with Gasteiger partial charge in [-0.3, -0.25) is 20.0 Å². The van der Waals surface area contributed by atoms with Gasteiger partial charge in [0.15, 0.2) is 0 Å². The summed E-state index contributed by atoms with van der Waals surface area (Å²) in [5.41, 5.74) is 0.0170. The SMILES string of the molecule is O=C(NCc1ccn[nH]1)c1ccc([N+](=O)[O-])cc1F. The number of nitrogens with zero attached hydrogens (tertiary/aromatic N) is 2. The number of H-pyrrole nitrogens is 1. The molecule has 2 rings (SSSR count). The Hall–Kier alpha value is -2.77. The van der Waals surface area contributed by atoms with Crippen molar-refractivity contribution >= 4 is 11.6 Å². The van der Waals surface area contributed by atoms with Gasteiger partial charge in [0.2, 0.25) is 0 Å². The van der Waals surface area contributed by atoms with E-state index in [2.05, 4.69) is 15.5 Å². The average Bonchev–Trinajstić information content (AvgIpc) is 2.88. The highest BCUT2D eigenvalue weighted by molar-refractivity contribution is 5.94. The number of nitro groups is 1. The van der Waals surface area contributed by atoms with E-state index in [0.29, 0.717) is 11.8 Å². The fraction of sp³-hybridized carbons (Fsp3) is 0.0909. The van der Waals surface area contributed by atoms with E-state index in [1.54, 1.807) is 6.07 Å². The molecule has 98 valence electrons. The molecule has 0 saturated carbocycles. The standard InChI is InChI=1S/C11H9FN4O3/c12-10-5-8(16(18)19)1-2-9(10)11(17)13-6-7-3-4-14-15-7/h1-5H,6H2,(H,13,17)(H,14,15). The quantitative estimate of drug-likeness (QED) is 0.643. The molecular formula is C11H9FN4O3. The Morgan fingerprint density at radius 1 is 1.47 bits per heavy atom. The number of nitrogens with one attached hydrogen (secondary N) is 2. The molecule has 2 aromatic rings. The van der Waals surface area contributed by atoms with E-state index in [-0.39, 0.29) is 12.1 Å². The van der Waals surface area contributed by atoms with E-state index < -0.39 is 22.3 Å². The Kier molecular flexibility index (Phi) is 3.51. The molecular weight excluding hydrogens is 255 g/mol. The number of carbonyl (C=O) groups excluding carboxylic acids is 1. The van der Waals surface area contributed by atoms with Gasteiger partial charge in [0, 0.05) is 12.3 Å². The number of benzene rings is 1. The number of hydrogen-bond acceptors (Lipinski definition) is 4. The van der Waals surface area contributed by atoms with Crippen LogP contribution in [-0.4, -0.2) is 21.0 Å². The molecule has 0 saturated heterocycles. The number of aromatic amines is 1. The van der Waals surface area contributed by atoms with Gasteiger partial charge in [0.1, 0.15) is 5.82 Å². The van der Waals surface area contributed by atoms with E-state index >= 15 is 0 Å². The minimum absolute atomic E-state index is 0.162. The number of hydrogen-bond donors (Lipinski definition) is 2. The van der Waals surface area contributed by atoms with Crippen LogP contribution in [0, 0.1) is 15.9 Å². The lowest BCUT2D eigenvalue weighted by atomic mass is 10.2. The highest BCUT2D eigenvalue weighted by Gasteiger charge is 2.15. The zero-order valence-corrected chi connectivity index (χ0v) is 9.59. The van der Waals surface area contributed by atoms with Crippen molar-refractivity contribution in [3.05, 3.63) is 57.7 Å². The van der Waals surface area contributed by atoms with Crippen LogP contribution < -0.4 is 5.32 Å². The van der Waals surface area contributed by atoms with Crippen molar-refractivity contribution in [1.29, 1.82) is 0 Å². The van der Waals surface area contributed by atoms with Crippen LogP contribution in [0.3, 0.4) is 0 Å². The Morgan fingerprint density at radius 3 is 2.84 bits per heavy atom. The predicted molar refractivity (Wildman–Crippen MR) is 62.8 cm³/mol. The van der Waals surface area contributed by atoms with E-state index in [1.807, 2.05) is 0 Å². The monoisotopic (exact) mass is 264 g/mol. The first-order valence-electron chi connectivity index (χ1n) is 5.28. The minimum Gasteiger partial charge on any atom is -0.346 e. The van der Waals surface area contributed by atoms with E-state index in [1.165, 1.54) is 6.20 Å². The lowest BCUT2D eigenvalue weighted by Gasteiger charge is -2.04. The molecule has 1 aromatic carbocycles. The van der Waals surface area contributed by atoms with Crippen molar-refractivity contribution in [2.24, 2.45) is 0 Å². The molecule has 0 unspecified atom stereocenters. The highest BCUT2D eigenvalue weighted by Crippen LogP contribution is 2.16. The third kappa shape index (κ3) is 2.92. The number of amides is 1. The molecule has 1 amide bonds. The van der Waals surface area contributed by atoms with Crippen LogP contribution >= 0.6 is 0 Å². The first-order chi connectivity index (χ1) is 9.08. The molecule has 0 atom stereocenters. The number of halogens is 1. The second kappa shape index (κ2) is 5.25. The normalized spacial score (nSPS) is 10.2. The van der Waals surface area contributed by atoms with Gasteiger partial charge in [-0.05, 0) is 12.1 Å². The van der Waals surface area contributed by atoms with Gasteiger partial charge >= 0.3 is 0 Å². The molecule has 19 heavy (non-hydrogen) atoms. The summed E-state index contributed by atoms with van der Waals surface area (Å²) in [5.74, 6) is -1.58. The summed E-state index contributed by atoms with van der Waals surface area (Å²) in [5, 5.41) is 19.2. The molecule has 0 fully saturated rings. The molecule has 0 aliphatic carbocycles. The van der Waals surface area contributed by atoms with Crippen LogP contribution in [0.25, 0.3) is 0 Å². The fourth-order valence-corrected chi connectivity index (χ4v) is 1.46. The number of aromatic nitrogens is 2. The lowest BCUT2D eigenvalue weighted by molar-refractivity contribution is -0.385. The zero-order valence-electron chi connectivity index (χ0n) is 9.59. The molecule has 0 radical (unpaired) electrons. The van der Waals surface area contributed by atoms with Gasteiger partial charge in [-0.1, -0.05) is 0 Å². The largest absolute Gasteiger partial charge is 0.346 e. The van der Waals surface area contributed by atoms with Crippen LogP contribution in [0.15, 0.2) is 30.5 Å². The Balaban J connectivity index is 2.09. The first-order valence-corrected chi connectivity index (χ1v) is 5.28. The third-order valence-corrected chi connectivity index (χ3v) is 2.41. The van der Waals surface area contributed by atoms with E-state index in [4.69, 9.17) is 0 Å². The van der Waals surface area contributed by atoms with Crippen LogP contribution in [0.1, 0.15) is 16.1 Å². The maximum Gasteiger partial charge on any atom is 0.272 e. The van der Waals surface area contributed by atoms with Crippen molar-refractivity contribution in [2.75, 3.05) is 0 Å². The fourth-order valence-electron chi connectivity index (χ4n) is 1.46. The molecule has 0 aliphatic heterocycles. The van der Waals surface area contributed by atoms with E-state index in [9.17, 15) is 19.3 Å². The Morgan fingerprint density at radius 2 is 2.26 bits per heavy atom. The molecule has 0 bridgehead atoms. The third-order valence-electron chi connectivity index (χ3n) is 2.41. The molecule has 8 heteroatoms. The molecule has 2 N–H and O–H groups in total. The summed E-state index contributed by atoms with van der Waals surface area (Å²) in [6, 6.07) is 4.53. The van der Waals surface area contributed by atoms with Crippen molar-refractivity contribution in [3.63, 3.8) is 0 Å². The maximum absolute atomic E-state index is 13.5. The highest BCUT2D eigenvalue weighted by atomic mass is 19.1. The first kappa shape index (κ1) is 12.7. The number of non-ortho nitro benzene ring substituents is 1. The average molecular weight is 264 g/mol. The molecule has 7 nitrogen and oxygen atoms in total. The van der Waals surface area contributed by atoms with Crippen molar-refractivity contribution < 1.29 is 14.1 Å². The smallest absolute Gasteiger partial charge is 0.272 e. The topological polar surface area (TPSA) is 101 Å². The van der Waals surface area contributed by atoms with Crippen molar-refractivity contribution in [3.8, 4) is 0 Å². The molecule has 0 spiro atoms. The molecule has 0 aliphatic rings. The van der Waals surface area contributed by atoms with Gasteiger partial charge in [-0.25, -0.2) is 4.39 Å². The Bertz CT molecular complexity index is 612. The molecule has 1 heterocycles. The number of nitro benzene ring substituents is 1. The van der Waals surface area contributed by atoms with Crippen LogP contribution in [-0.2, 0) is 6.54 Å². The maximum atomic E-state index is 13.5. The predicted octanol–water partition coefficient (Wildman–Crippen LogP) is 1.39. The Labute approximate surface area is 106 Å². The summed E-state index contributed by atoms with van der Waals surface area (Å²) in [6.45, 7) is 0.162. The van der Waals surface area contributed by atoms with Crippen LogP contribution in [0.4, 0.5) is 10.1 Å². The summed E-state index contributed by atoms with van der Waals surface area (Å²) >= 11 is 0. The summed E-state index contributed by atoms with van der Waals surface area (Å²) in [4.78, 5) is 21.4. The van der Waals surface area contributed by atoms with Gasteiger partial charge < -0.3 is 5.32 Å². The zero-order chi connectivity index (χ0) is 13.8. The second-order valence-corrected chi connectivity index (χ2v) is 3.69. The summed E-state index contributed by atoms with van der Waals surface area (Å²) in [7, 11) is 0. The minimum atomic E-state index is -0.934. The van der Waals surface area contributed by atoms with Crippen LogP contribution in [0.5, 0.6) is 0 Å². The van der Waals surface area contributed by atoms with Gasteiger partial charge in [0.25, 0.3) is 11.6 Å². The number of rotatable bonds is 4. The lowest BCUT2D eigenvalue weighted by Crippen LogP contribution is -2.24. The van der Waals surface area contributed by atoms with Gasteiger partial charge in [0.05, 0.1) is 28.8 Å². The van der Waals surface area contributed by atoms with Crippen molar-refractivity contribution in [2.45, 2.75) is 6.54 Å². The number of carbonyl (C=O) groups is 1.